The van der Waals surface area contributed by atoms with Gasteiger partial charge in [0.1, 0.15) is 0 Å². The summed E-state index contributed by atoms with van der Waals surface area (Å²) in [6.07, 6.45) is 11.3. The van der Waals surface area contributed by atoms with Crippen molar-refractivity contribution < 1.29 is 5.11 Å². The van der Waals surface area contributed by atoms with Crippen molar-refractivity contribution in [3.8, 4) is 11.8 Å². The van der Waals surface area contributed by atoms with Crippen molar-refractivity contribution in [2.45, 2.75) is 97.5 Å². The number of hydrogen-bond donors (Lipinski definition) is 1. The maximum atomic E-state index is 10.9. The Balaban J connectivity index is 2.57. The molecule has 0 radical (unpaired) electrons. The van der Waals surface area contributed by atoms with Crippen molar-refractivity contribution in [3.63, 3.8) is 0 Å². The summed E-state index contributed by atoms with van der Waals surface area (Å²) < 4.78 is 0. The average Bonchev–Trinajstić information content (AvgIpc) is 2.79. The van der Waals surface area contributed by atoms with E-state index < -0.39 is 5.60 Å². The minimum absolute atomic E-state index is 0.163. The van der Waals surface area contributed by atoms with Crippen molar-refractivity contribution in [3.05, 3.63) is 0 Å². The van der Waals surface area contributed by atoms with Gasteiger partial charge in [-0.25, -0.2) is 0 Å². The van der Waals surface area contributed by atoms with Crippen LogP contribution >= 0.6 is 0 Å². The summed E-state index contributed by atoms with van der Waals surface area (Å²) in [5.74, 6) is 6.96. The van der Waals surface area contributed by atoms with Gasteiger partial charge < -0.3 is 5.11 Å². The molecule has 1 atom stereocenters. The lowest BCUT2D eigenvalue weighted by Gasteiger charge is -2.33. The quantitative estimate of drug-likeness (QED) is 0.515. The van der Waals surface area contributed by atoms with E-state index in [4.69, 9.17) is 0 Å². The Morgan fingerprint density at radius 3 is 2.30 bits per heavy atom. The second-order valence-corrected chi connectivity index (χ2v) is 7.76. The van der Waals surface area contributed by atoms with Crippen LogP contribution in [0.2, 0.25) is 0 Å². The van der Waals surface area contributed by atoms with Gasteiger partial charge in [0.2, 0.25) is 0 Å². The minimum atomic E-state index is -0.510. The first-order valence-electron chi connectivity index (χ1n) is 8.58. The summed E-state index contributed by atoms with van der Waals surface area (Å²) >= 11 is 0. The Labute approximate surface area is 126 Å². The normalized spacial score (nSPS) is 19.4. The topological polar surface area (TPSA) is 20.2 Å². The Morgan fingerprint density at radius 2 is 1.75 bits per heavy atom. The second-order valence-electron chi connectivity index (χ2n) is 7.76. The van der Waals surface area contributed by atoms with E-state index in [1.807, 2.05) is 0 Å². The maximum absolute atomic E-state index is 10.9. The SMILES string of the molecule is CCCCCCC#CC(CC(C)(C)C)C1(O)CCCC1. The van der Waals surface area contributed by atoms with Gasteiger partial charge in [-0.1, -0.05) is 65.7 Å². The average molecular weight is 278 g/mol. The molecule has 1 heteroatoms. The van der Waals surface area contributed by atoms with Crippen molar-refractivity contribution >= 4 is 0 Å². The van der Waals surface area contributed by atoms with Gasteiger partial charge in [0.15, 0.2) is 0 Å². The second kappa shape index (κ2) is 8.08. The lowest BCUT2D eigenvalue weighted by Crippen LogP contribution is -2.36. The zero-order chi connectivity index (χ0) is 15.1. The highest BCUT2D eigenvalue weighted by Gasteiger charge is 2.40. The Hall–Kier alpha value is -0.480. The van der Waals surface area contributed by atoms with Crippen molar-refractivity contribution in [2.24, 2.45) is 11.3 Å². The van der Waals surface area contributed by atoms with Crippen LogP contribution < -0.4 is 0 Å². The smallest absolute Gasteiger partial charge is 0.0784 e. The van der Waals surface area contributed by atoms with E-state index in [0.717, 1.165) is 38.5 Å². The molecule has 1 unspecified atom stereocenters. The van der Waals surface area contributed by atoms with Gasteiger partial charge in [0.05, 0.1) is 5.60 Å². The van der Waals surface area contributed by atoms with Gasteiger partial charge in [0.25, 0.3) is 0 Å². The molecule has 1 fully saturated rings. The fraction of sp³-hybridized carbons (Fsp3) is 0.895. The highest BCUT2D eigenvalue weighted by Crippen LogP contribution is 2.40. The van der Waals surface area contributed by atoms with Crippen LogP contribution in [0.4, 0.5) is 0 Å². The van der Waals surface area contributed by atoms with Gasteiger partial charge in [-0.05, 0) is 31.1 Å². The van der Waals surface area contributed by atoms with Crippen LogP contribution in [-0.4, -0.2) is 10.7 Å². The lowest BCUT2D eigenvalue weighted by atomic mass is 9.75. The molecule has 0 amide bonds. The summed E-state index contributed by atoms with van der Waals surface area (Å²) in [6.45, 7) is 8.99. The van der Waals surface area contributed by atoms with Crippen LogP contribution in [0.5, 0.6) is 0 Å². The third-order valence-corrected chi connectivity index (χ3v) is 4.37. The van der Waals surface area contributed by atoms with Gasteiger partial charge in [-0.2, -0.15) is 0 Å². The van der Waals surface area contributed by atoms with E-state index in [0.29, 0.717) is 0 Å². The molecule has 20 heavy (non-hydrogen) atoms. The van der Waals surface area contributed by atoms with Gasteiger partial charge in [-0.3, -0.25) is 0 Å². The molecule has 0 heterocycles. The third-order valence-electron chi connectivity index (χ3n) is 4.37. The van der Waals surface area contributed by atoms with Crippen molar-refractivity contribution in [1.82, 2.24) is 0 Å². The number of aliphatic hydroxyl groups is 1. The highest BCUT2D eigenvalue weighted by molar-refractivity contribution is 5.12. The predicted molar refractivity (Wildman–Crippen MR) is 87.5 cm³/mol. The number of unbranched alkanes of at least 4 members (excludes halogenated alkanes) is 4. The summed E-state index contributed by atoms with van der Waals surface area (Å²) in [4.78, 5) is 0. The maximum Gasteiger partial charge on any atom is 0.0784 e. The summed E-state index contributed by atoms with van der Waals surface area (Å²) in [5.41, 5.74) is -0.274. The molecule has 0 saturated heterocycles. The van der Waals surface area contributed by atoms with Gasteiger partial charge >= 0.3 is 0 Å². The van der Waals surface area contributed by atoms with E-state index >= 15 is 0 Å². The van der Waals surface area contributed by atoms with Gasteiger partial charge in [0, 0.05) is 12.3 Å². The number of hydrogen-bond acceptors (Lipinski definition) is 1. The molecular weight excluding hydrogens is 244 g/mol. The van der Waals surface area contributed by atoms with Crippen LogP contribution in [0.15, 0.2) is 0 Å². The molecule has 0 spiro atoms. The Bertz CT molecular complexity index is 320. The molecule has 0 aliphatic heterocycles. The van der Waals surface area contributed by atoms with Crippen LogP contribution in [-0.2, 0) is 0 Å². The summed E-state index contributed by atoms with van der Waals surface area (Å²) in [7, 11) is 0. The van der Waals surface area contributed by atoms with Crippen LogP contribution in [0.3, 0.4) is 0 Å². The molecule has 1 saturated carbocycles. The summed E-state index contributed by atoms with van der Waals surface area (Å²) in [6, 6.07) is 0. The molecule has 116 valence electrons. The minimum Gasteiger partial charge on any atom is -0.389 e. The Kier molecular flexibility index (Phi) is 7.10. The van der Waals surface area contributed by atoms with Crippen molar-refractivity contribution in [1.29, 1.82) is 0 Å². The van der Waals surface area contributed by atoms with Crippen molar-refractivity contribution in [2.75, 3.05) is 0 Å². The molecule has 0 aromatic heterocycles. The fourth-order valence-corrected chi connectivity index (χ4v) is 3.16. The largest absolute Gasteiger partial charge is 0.389 e. The van der Waals surface area contributed by atoms with E-state index in [-0.39, 0.29) is 11.3 Å². The molecular formula is C19H34O. The molecule has 0 aromatic rings. The molecule has 1 N–H and O–H groups in total. The van der Waals surface area contributed by atoms with E-state index in [1.165, 1.54) is 25.7 Å². The fourth-order valence-electron chi connectivity index (χ4n) is 3.16. The molecule has 1 rings (SSSR count). The molecule has 0 aromatic carbocycles. The predicted octanol–water partition coefficient (Wildman–Crippen LogP) is 5.32. The highest BCUT2D eigenvalue weighted by atomic mass is 16.3. The molecule has 1 nitrogen and oxygen atoms in total. The third kappa shape index (κ3) is 6.31. The van der Waals surface area contributed by atoms with Crippen LogP contribution in [0, 0.1) is 23.2 Å². The summed E-state index contributed by atoms with van der Waals surface area (Å²) in [5, 5.41) is 10.9. The first-order valence-corrected chi connectivity index (χ1v) is 8.58. The molecule has 1 aliphatic carbocycles. The van der Waals surface area contributed by atoms with E-state index in [2.05, 4.69) is 39.5 Å². The Morgan fingerprint density at radius 1 is 1.10 bits per heavy atom. The molecule has 0 bridgehead atoms. The number of rotatable bonds is 6. The van der Waals surface area contributed by atoms with Gasteiger partial charge in [-0.15, -0.1) is 5.92 Å². The zero-order valence-corrected chi connectivity index (χ0v) is 14.1. The van der Waals surface area contributed by atoms with Crippen LogP contribution in [0.25, 0.3) is 0 Å². The lowest BCUT2D eigenvalue weighted by molar-refractivity contribution is -0.00397. The zero-order valence-electron chi connectivity index (χ0n) is 14.1. The van der Waals surface area contributed by atoms with Crippen LogP contribution in [0.1, 0.15) is 91.9 Å². The van der Waals surface area contributed by atoms with E-state index in [9.17, 15) is 5.11 Å². The monoisotopic (exact) mass is 278 g/mol. The first-order chi connectivity index (χ1) is 9.37. The standard InChI is InChI=1S/C19H34O/c1-5-6-7-8-9-10-13-17(16-18(2,3)4)19(20)14-11-12-15-19/h17,20H,5-9,11-12,14-16H2,1-4H3. The first kappa shape index (κ1) is 17.6. The molecule has 1 aliphatic rings. The van der Waals surface area contributed by atoms with E-state index in [1.54, 1.807) is 0 Å².